The van der Waals surface area contributed by atoms with Crippen LogP contribution in [0.25, 0.3) is 5.76 Å². The van der Waals surface area contributed by atoms with Gasteiger partial charge in [-0.15, -0.1) is 0 Å². The van der Waals surface area contributed by atoms with Gasteiger partial charge in [-0.3, -0.25) is 14.5 Å². The van der Waals surface area contributed by atoms with Gasteiger partial charge in [-0.25, -0.2) is 0 Å². The lowest BCUT2D eigenvalue weighted by molar-refractivity contribution is -0.140. The average Bonchev–Trinajstić information content (AvgIpc) is 3.13. The molecule has 0 aliphatic carbocycles. The van der Waals surface area contributed by atoms with Crippen LogP contribution in [0, 0.1) is 0 Å². The number of Topliss-reactive ketones (excluding diaryl/α,β-unsaturated/α-hetero) is 1. The Bertz CT molecular complexity index is 1130. The zero-order chi connectivity index (χ0) is 24.9. The number of aliphatic hydroxyl groups is 1. The van der Waals surface area contributed by atoms with Gasteiger partial charge in [0.05, 0.1) is 44.1 Å². The van der Waals surface area contributed by atoms with Crippen molar-refractivity contribution in [1.29, 1.82) is 0 Å². The molecular weight excluding hydrogens is 472 g/mol. The number of para-hydroxylation sites is 1. The SMILES string of the molecule is COc1ccc(C(O)=C2C(=O)C(=O)N(CCCN3CCOCC3)[C@@H]2c2ccccc2OC)cc1Cl. The van der Waals surface area contributed by atoms with Crippen molar-refractivity contribution in [2.75, 3.05) is 53.6 Å². The van der Waals surface area contributed by atoms with Gasteiger partial charge in [0.2, 0.25) is 0 Å². The van der Waals surface area contributed by atoms with Gasteiger partial charge in [0.15, 0.2) is 0 Å². The van der Waals surface area contributed by atoms with Crippen LogP contribution in [0.3, 0.4) is 0 Å². The van der Waals surface area contributed by atoms with Crippen molar-refractivity contribution in [2.24, 2.45) is 0 Å². The van der Waals surface area contributed by atoms with Crippen LogP contribution in [0.1, 0.15) is 23.6 Å². The molecule has 2 fully saturated rings. The standard InChI is InChI=1S/C26H29ClN2O6/c1-33-20-7-4-3-6-18(20)23-22(24(30)17-8-9-21(34-2)19(27)16-17)25(31)26(32)29(23)11-5-10-28-12-14-35-15-13-28/h3-4,6-9,16,23,30H,5,10-15H2,1-2H3/t23-/m1/s1. The molecule has 186 valence electrons. The van der Waals surface area contributed by atoms with Gasteiger partial charge < -0.3 is 24.2 Å². The van der Waals surface area contributed by atoms with E-state index in [0.29, 0.717) is 48.8 Å². The molecule has 0 aromatic heterocycles. The fourth-order valence-corrected chi connectivity index (χ4v) is 4.84. The lowest BCUT2D eigenvalue weighted by Crippen LogP contribution is -2.39. The van der Waals surface area contributed by atoms with E-state index in [9.17, 15) is 14.7 Å². The van der Waals surface area contributed by atoms with Crippen molar-refractivity contribution in [1.82, 2.24) is 9.80 Å². The minimum Gasteiger partial charge on any atom is -0.507 e. The Kier molecular flexibility index (Phi) is 7.95. The zero-order valence-electron chi connectivity index (χ0n) is 19.8. The first kappa shape index (κ1) is 25.0. The van der Waals surface area contributed by atoms with Crippen molar-refractivity contribution in [3.63, 3.8) is 0 Å². The Hall–Kier alpha value is -3.07. The van der Waals surface area contributed by atoms with Gasteiger partial charge in [0, 0.05) is 37.3 Å². The molecule has 0 saturated carbocycles. The normalized spacial score (nSPS) is 20.3. The van der Waals surface area contributed by atoms with E-state index >= 15 is 0 Å². The molecule has 4 rings (SSSR count). The van der Waals surface area contributed by atoms with Crippen molar-refractivity contribution in [3.8, 4) is 11.5 Å². The molecule has 2 aliphatic heterocycles. The van der Waals surface area contributed by atoms with E-state index in [-0.39, 0.29) is 16.4 Å². The molecule has 2 aromatic carbocycles. The maximum absolute atomic E-state index is 13.3. The molecule has 1 amide bonds. The molecule has 35 heavy (non-hydrogen) atoms. The van der Waals surface area contributed by atoms with Crippen LogP contribution < -0.4 is 9.47 Å². The lowest BCUT2D eigenvalue weighted by Gasteiger charge is -2.29. The molecule has 2 aliphatic rings. The summed E-state index contributed by atoms with van der Waals surface area (Å²) >= 11 is 6.26. The molecule has 0 spiro atoms. The Morgan fingerprint density at radius 2 is 1.77 bits per heavy atom. The average molecular weight is 501 g/mol. The van der Waals surface area contributed by atoms with Crippen LogP contribution >= 0.6 is 11.6 Å². The van der Waals surface area contributed by atoms with Crippen LogP contribution in [0.4, 0.5) is 0 Å². The Balaban J connectivity index is 1.72. The molecule has 8 nitrogen and oxygen atoms in total. The Labute approximate surface area is 209 Å². The molecule has 0 unspecified atom stereocenters. The fraction of sp³-hybridized carbons (Fsp3) is 0.385. The first-order chi connectivity index (χ1) is 17.0. The van der Waals surface area contributed by atoms with E-state index in [0.717, 1.165) is 19.6 Å². The molecule has 1 N–H and O–H groups in total. The second-order valence-corrected chi connectivity index (χ2v) is 8.80. The number of morpholine rings is 1. The summed E-state index contributed by atoms with van der Waals surface area (Å²) in [4.78, 5) is 30.2. The summed E-state index contributed by atoms with van der Waals surface area (Å²) in [5.41, 5.74) is 0.954. The maximum Gasteiger partial charge on any atom is 0.295 e. The molecule has 9 heteroatoms. The van der Waals surface area contributed by atoms with E-state index in [4.69, 9.17) is 25.8 Å². The van der Waals surface area contributed by atoms with Crippen molar-refractivity contribution in [2.45, 2.75) is 12.5 Å². The van der Waals surface area contributed by atoms with Crippen LogP contribution in [0.2, 0.25) is 5.02 Å². The first-order valence-electron chi connectivity index (χ1n) is 11.5. The highest BCUT2D eigenvalue weighted by Crippen LogP contribution is 2.43. The van der Waals surface area contributed by atoms with Gasteiger partial charge in [-0.1, -0.05) is 29.8 Å². The number of methoxy groups -OCH3 is 2. The zero-order valence-corrected chi connectivity index (χ0v) is 20.6. The second kappa shape index (κ2) is 11.1. The minimum atomic E-state index is -0.795. The van der Waals surface area contributed by atoms with Crippen LogP contribution in [0.15, 0.2) is 48.0 Å². The number of carbonyl (C=O) groups excluding carboxylic acids is 2. The predicted octanol–water partition coefficient (Wildman–Crippen LogP) is 3.50. The van der Waals surface area contributed by atoms with Crippen molar-refractivity contribution < 1.29 is 28.9 Å². The molecule has 0 bridgehead atoms. The maximum atomic E-state index is 13.3. The number of halogens is 1. The molecule has 2 saturated heterocycles. The molecule has 2 heterocycles. The summed E-state index contributed by atoms with van der Waals surface area (Å²) in [5.74, 6) is -0.718. The molecule has 2 aromatic rings. The number of hydrogen-bond donors (Lipinski definition) is 1. The van der Waals surface area contributed by atoms with Gasteiger partial charge in [0.1, 0.15) is 17.3 Å². The van der Waals surface area contributed by atoms with E-state index in [2.05, 4.69) is 4.90 Å². The number of amides is 1. The third-order valence-corrected chi connectivity index (χ3v) is 6.67. The number of benzene rings is 2. The number of ketones is 1. The third-order valence-electron chi connectivity index (χ3n) is 6.38. The quantitative estimate of drug-likeness (QED) is 0.337. The number of aliphatic hydroxyl groups excluding tert-OH is 1. The van der Waals surface area contributed by atoms with Crippen LogP contribution in [-0.2, 0) is 14.3 Å². The van der Waals surface area contributed by atoms with Crippen LogP contribution in [-0.4, -0.2) is 80.2 Å². The van der Waals surface area contributed by atoms with E-state index < -0.39 is 17.7 Å². The smallest absolute Gasteiger partial charge is 0.295 e. The third kappa shape index (κ3) is 5.15. The van der Waals surface area contributed by atoms with Crippen molar-refractivity contribution >= 4 is 29.1 Å². The highest BCUT2D eigenvalue weighted by Gasteiger charge is 2.46. The summed E-state index contributed by atoms with van der Waals surface area (Å²) in [6.45, 7) is 4.19. The van der Waals surface area contributed by atoms with Gasteiger partial charge in [-0.05, 0) is 30.7 Å². The molecule has 0 radical (unpaired) electrons. The monoisotopic (exact) mass is 500 g/mol. The topological polar surface area (TPSA) is 88.5 Å². The highest BCUT2D eigenvalue weighted by molar-refractivity contribution is 6.46. The number of rotatable bonds is 8. The van der Waals surface area contributed by atoms with Crippen LogP contribution in [0.5, 0.6) is 11.5 Å². The predicted molar refractivity (Wildman–Crippen MR) is 132 cm³/mol. The highest BCUT2D eigenvalue weighted by atomic mass is 35.5. The van der Waals surface area contributed by atoms with E-state index in [1.54, 1.807) is 24.3 Å². The first-order valence-corrected chi connectivity index (χ1v) is 11.9. The van der Waals surface area contributed by atoms with Gasteiger partial charge >= 0.3 is 0 Å². The largest absolute Gasteiger partial charge is 0.507 e. The summed E-state index contributed by atoms with van der Waals surface area (Å²) in [7, 11) is 3.03. The number of ether oxygens (including phenoxy) is 3. The number of nitrogens with zero attached hydrogens (tertiary/aromatic N) is 2. The van der Waals surface area contributed by atoms with E-state index in [1.165, 1.54) is 25.2 Å². The summed E-state index contributed by atoms with van der Waals surface area (Å²) < 4.78 is 16.1. The lowest BCUT2D eigenvalue weighted by atomic mass is 9.94. The molecular formula is C26H29ClN2O6. The summed E-state index contributed by atoms with van der Waals surface area (Å²) in [6, 6.07) is 11.1. The molecule has 1 atom stereocenters. The van der Waals surface area contributed by atoms with E-state index in [1.807, 2.05) is 12.1 Å². The van der Waals surface area contributed by atoms with Crippen molar-refractivity contribution in [3.05, 3.63) is 64.2 Å². The summed E-state index contributed by atoms with van der Waals surface area (Å²) in [5, 5.41) is 11.5. The Morgan fingerprint density at radius 1 is 1.06 bits per heavy atom. The number of carbonyl (C=O) groups is 2. The van der Waals surface area contributed by atoms with Gasteiger partial charge in [0.25, 0.3) is 11.7 Å². The second-order valence-electron chi connectivity index (χ2n) is 8.39. The fourth-order valence-electron chi connectivity index (χ4n) is 4.58. The number of likely N-dealkylation sites (tertiary alicyclic amines) is 1. The number of hydrogen-bond acceptors (Lipinski definition) is 7. The van der Waals surface area contributed by atoms with Gasteiger partial charge in [-0.2, -0.15) is 0 Å². The summed E-state index contributed by atoms with van der Waals surface area (Å²) in [6.07, 6.45) is 0.674. The Morgan fingerprint density at radius 3 is 2.46 bits per heavy atom. The minimum absolute atomic E-state index is 0.00658.